The third-order valence-electron chi connectivity index (χ3n) is 4.37. The summed E-state index contributed by atoms with van der Waals surface area (Å²) < 4.78 is 15.4. The largest absolute Gasteiger partial charge is 0.463 e. The van der Waals surface area contributed by atoms with Crippen LogP contribution in [0.3, 0.4) is 0 Å². The van der Waals surface area contributed by atoms with Crippen molar-refractivity contribution in [1.82, 2.24) is 0 Å². The minimum atomic E-state index is -0.576. The summed E-state index contributed by atoms with van der Waals surface area (Å²) in [5.74, 6) is -0.584. The summed E-state index contributed by atoms with van der Waals surface area (Å²) in [7, 11) is 1.27. The zero-order chi connectivity index (χ0) is 18.8. The Hall–Kier alpha value is -3.60. The van der Waals surface area contributed by atoms with Gasteiger partial charge in [-0.3, -0.25) is 0 Å². The van der Waals surface area contributed by atoms with Gasteiger partial charge in [0.2, 0.25) is 5.76 Å². The van der Waals surface area contributed by atoms with Crippen LogP contribution in [0.25, 0.3) is 21.5 Å². The van der Waals surface area contributed by atoms with Gasteiger partial charge in [-0.25, -0.2) is 9.59 Å². The highest BCUT2D eigenvalue weighted by molar-refractivity contribution is 6.16. The lowest BCUT2D eigenvalue weighted by Gasteiger charge is -2.11. The molecule has 0 spiro atoms. The van der Waals surface area contributed by atoms with Gasteiger partial charge in [-0.2, -0.15) is 0 Å². The monoisotopic (exact) mass is 360 g/mol. The summed E-state index contributed by atoms with van der Waals surface area (Å²) in [4.78, 5) is 24.3. The number of fused-ring (bicyclic) bond motifs is 2. The van der Waals surface area contributed by atoms with Crippen molar-refractivity contribution in [3.05, 3.63) is 83.8 Å². The van der Waals surface area contributed by atoms with Crippen LogP contribution in [-0.2, 0) is 16.1 Å². The normalized spacial score (nSPS) is 10.9. The van der Waals surface area contributed by atoms with Crippen molar-refractivity contribution in [2.24, 2.45) is 0 Å². The van der Waals surface area contributed by atoms with Gasteiger partial charge in [-0.15, -0.1) is 0 Å². The highest BCUT2D eigenvalue weighted by Gasteiger charge is 2.18. The van der Waals surface area contributed by atoms with E-state index in [9.17, 15) is 9.59 Å². The Kier molecular flexibility index (Phi) is 4.34. The fraction of sp³-hybridized carbons (Fsp3) is 0.0909. The molecule has 0 bridgehead atoms. The topological polar surface area (TPSA) is 65.7 Å². The van der Waals surface area contributed by atoms with Gasteiger partial charge in [-0.1, -0.05) is 48.5 Å². The predicted molar refractivity (Wildman–Crippen MR) is 101 cm³/mol. The Morgan fingerprint density at radius 2 is 1.48 bits per heavy atom. The summed E-state index contributed by atoms with van der Waals surface area (Å²) in [6.07, 6.45) is 0. The van der Waals surface area contributed by atoms with Crippen LogP contribution in [0.15, 0.2) is 71.1 Å². The molecule has 0 aliphatic carbocycles. The van der Waals surface area contributed by atoms with E-state index in [1.54, 1.807) is 6.07 Å². The number of methoxy groups -OCH3 is 1. The minimum Gasteiger partial charge on any atom is -0.463 e. The number of hydrogen-bond acceptors (Lipinski definition) is 5. The van der Waals surface area contributed by atoms with Crippen LogP contribution in [0, 0.1) is 0 Å². The molecule has 0 unspecified atom stereocenters. The van der Waals surface area contributed by atoms with Crippen molar-refractivity contribution >= 4 is 33.5 Å². The third kappa shape index (κ3) is 3.15. The maximum atomic E-state index is 12.9. The third-order valence-corrected chi connectivity index (χ3v) is 4.37. The molecule has 0 saturated heterocycles. The van der Waals surface area contributed by atoms with Crippen molar-refractivity contribution in [2.45, 2.75) is 6.61 Å². The molecule has 0 aliphatic heterocycles. The van der Waals surface area contributed by atoms with Crippen LogP contribution < -0.4 is 0 Å². The number of rotatable bonds is 4. The van der Waals surface area contributed by atoms with Gasteiger partial charge in [-0.05, 0) is 39.7 Å². The average molecular weight is 360 g/mol. The molecule has 0 amide bonds. The zero-order valence-electron chi connectivity index (χ0n) is 14.6. The van der Waals surface area contributed by atoms with Gasteiger partial charge in [0.25, 0.3) is 0 Å². The molecule has 5 heteroatoms. The number of carbonyl (C=O) groups excluding carboxylic acids is 2. The number of ether oxygens (including phenoxy) is 2. The molecule has 27 heavy (non-hydrogen) atoms. The lowest BCUT2D eigenvalue weighted by atomic mass is 9.97. The van der Waals surface area contributed by atoms with E-state index in [-0.39, 0.29) is 12.4 Å². The van der Waals surface area contributed by atoms with Gasteiger partial charge in [0.05, 0.1) is 12.7 Å². The fourth-order valence-electron chi connectivity index (χ4n) is 3.11. The molecule has 0 aliphatic rings. The lowest BCUT2D eigenvalue weighted by Crippen LogP contribution is -2.07. The summed E-state index contributed by atoms with van der Waals surface area (Å²) in [5.41, 5.74) is 0.517. The second-order valence-corrected chi connectivity index (χ2v) is 6.03. The SMILES string of the molecule is COC(=O)c1ccc(COC(=O)c2c3ccccc3cc3ccccc23)o1. The predicted octanol–water partition coefficient (Wildman–Crippen LogP) is 4.73. The zero-order valence-corrected chi connectivity index (χ0v) is 14.6. The maximum Gasteiger partial charge on any atom is 0.373 e. The molecule has 3 aromatic carbocycles. The molecule has 0 saturated carbocycles. The van der Waals surface area contributed by atoms with E-state index in [0.717, 1.165) is 21.5 Å². The highest BCUT2D eigenvalue weighted by atomic mass is 16.5. The van der Waals surface area contributed by atoms with Gasteiger partial charge >= 0.3 is 11.9 Å². The molecule has 1 aromatic heterocycles. The molecule has 0 radical (unpaired) electrons. The van der Waals surface area contributed by atoms with Crippen LogP contribution in [0.1, 0.15) is 26.7 Å². The number of esters is 2. The van der Waals surface area contributed by atoms with Crippen molar-refractivity contribution in [3.8, 4) is 0 Å². The Morgan fingerprint density at radius 1 is 0.852 bits per heavy atom. The Labute approximate surface area is 155 Å². The quantitative estimate of drug-likeness (QED) is 0.389. The van der Waals surface area contributed by atoms with Crippen molar-refractivity contribution < 1.29 is 23.5 Å². The second-order valence-electron chi connectivity index (χ2n) is 6.03. The number of carbonyl (C=O) groups is 2. The molecule has 0 N–H and O–H groups in total. The average Bonchev–Trinajstić information content (AvgIpc) is 3.18. The second kappa shape index (κ2) is 6.96. The van der Waals surface area contributed by atoms with Gasteiger partial charge in [0, 0.05) is 0 Å². The lowest BCUT2D eigenvalue weighted by molar-refractivity contribution is 0.0443. The Bertz CT molecular complexity index is 1100. The smallest absolute Gasteiger partial charge is 0.373 e. The van der Waals surface area contributed by atoms with E-state index >= 15 is 0 Å². The molecule has 4 rings (SSSR count). The Morgan fingerprint density at radius 3 is 2.11 bits per heavy atom. The van der Waals surface area contributed by atoms with Gasteiger partial charge in [0.15, 0.2) is 0 Å². The van der Waals surface area contributed by atoms with Crippen molar-refractivity contribution in [2.75, 3.05) is 7.11 Å². The standard InChI is InChI=1S/C22H16O5/c1-25-21(23)19-11-10-16(27-19)13-26-22(24)20-17-8-4-2-6-14(17)12-15-7-3-5-9-18(15)20/h2-12H,13H2,1H3. The van der Waals surface area contributed by atoms with Crippen LogP contribution >= 0.6 is 0 Å². The summed E-state index contributed by atoms with van der Waals surface area (Å²) >= 11 is 0. The Balaban J connectivity index is 1.67. The fourth-order valence-corrected chi connectivity index (χ4v) is 3.11. The van der Waals surface area contributed by atoms with E-state index in [2.05, 4.69) is 10.8 Å². The number of benzene rings is 3. The first-order valence-corrected chi connectivity index (χ1v) is 8.42. The maximum absolute atomic E-state index is 12.9. The molecule has 0 atom stereocenters. The molecule has 134 valence electrons. The molecule has 0 fully saturated rings. The van der Waals surface area contributed by atoms with E-state index in [4.69, 9.17) is 9.15 Å². The van der Waals surface area contributed by atoms with Crippen LogP contribution in [-0.4, -0.2) is 19.0 Å². The van der Waals surface area contributed by atoms with E-state index in [1.165, 1.54) is 13.2 Å². The first kappa shape index (κ1) is 16.8. The van der Waals surface area contributed by atoms with Gasteiger partial charge in [0.1, 0.15) is 12.4 Å². The highest BCUT2D eigenvalue weighted by Crippen LogP contribution is 2.29. The first-order valence-electron chi connectivity index (χ1n) is 8.42. The van der Waals surface area contributed by atoms with Crippen molar-refractivity contribution in [3.63, 3.8) is 0 Å². The van der Waals surface area contributed by atoms with Crippen LogP contribution in [0.4, 0.5) is 0 Å². The summed E-state index contributed by atoms with van der Waals surface area (Å²) in [5, 5.41) is 3.59. The van der Waals surface area contributed by atoms with E-state index in [0.29, 0.717) is 11.3 Å². The molecular weight excluding hydrogens is 344 g/mol. The summed E-state index contributed by atoms with van der Waals surface area (Å²) in [6.45, 7) is -0.0760. The molecule has 1 heterocycles. The number of furan rings is 1. The number of hydrogen-bond donors (Lipinski definition) is 0. The van der Waals surface area contributed by atoms with Crippen LogP contribution in [0.5, 0.6) is 0 Å². The minimum absolute atomic E-state index is 0.0687. The van der Waals surface area contributed by atoms with Crippen molar-refractivity contribution in [1.29, 1.82) is 0 Å². The van der Waals surface area contributed by atoms with Crippen LogP contribution in [0.2, 0.25) is 0 Å². The summed E-state index contributed by atoms with van der Waals surface area (Å²) in [6, 6.07) is 20.5. The van der Waals surface area contributed by atoms with Gasteiger partial charge < -0.3 is 13.9 Å². The first-order chi connectivity index (χ1) is 13.2. The van der Waals surface area contributed by atoms with E-state index < -0.39 is 11.9 Å². The molecule has 5 nitrogen and oxygen atoms in total. The molecular formula is C22H16O5. The van der Waals surface area contributed by atoms with E-state index in [1.807, 2.05) is 48.5 Å². The molecule has 4 aromatic rings.